The number of carbonyl (C=O) groups is 1. The van der Waals surface area contributed by atoms with Gasteiger partial charge < -0.3 is 11.1 Å². The zero-order valence-corrected chi connectivity index (χ0v) is 16.1. The molecule has 0 aliphatic rings. The highest BCUT2D eigenvalue weighted by Crippen LogP contribution is 2.35. The molecule has 6 nitrogen and oxygen atoms in total. The van der Waals surface area contributed by atoms with E-state index in [9.17, 15) is 4.79 Å². The summed E-state index contributed by atoms with van der Waals surface area (Å²) in [6.45, 7) is 11.0. The van der Waals surface area contributed by atoms with Crippen LogP contribution in [-0.4, -0.2) is 26.0 Å². The number of benzene rings is 1. The number of aromatic nitrogens is 3. The Bertz CT molecular complexity index is 928. The summed E-state index contributed by atoms with van der Waals surface area (Å²) in [7, 11) is 0. The van der Waals surface area contributed by atoms with Crippen LogP contribution in [0.1, 0.15) is 51.4 Å². The van der Waals surface area contributed by atoms with Crippen LogP contribution < -0.4 is 11.1 Å². The lowest BCUT2D eigenvalue weighted by atomic mass is 9.82. The number of rotatable bonds is 5. The van der Waals surface area contributed by atoms with Crippen molar-refractivity contribution < 1.29 is 4.79 Å². The quantitative estimate of drug-likeness (QED) is 0.646. The van der Waals surface area contributed by atoms with Crippen molar-refractivity contribution in [2.75, 3.05) is 5.32 Å². The van der Waals surface area contributed by atoms with E-state index in [0.29, 0.717) is 11.2 Å². The lowest BCUT2D eigenvalue weighted by molar-refractivity contribution is 0.100. The van der Waals surface area contributed by atoms with E-state index in [1.807, 2.05) is 30.3 Å². The first-order valence-corrected chi connectivity index (χ1v) is 8.81. The molecule has 1 aromatic carbocycles. The third-order valence-electron chi connectivity index (χ3n) is 4.20. The van der Waals surface area contributed by atoms with Crippen LogP contribution in [0.15, 0.2) is 36.5 Å². The first-order chi connectivity index (χ1) is 12.1. The topological polar surface area (TPSA) is 88.2 Å². The number of nitrogens with two attached hydrogens (primary N) is 1. The molecule has 0 atom stereocenters. The molecule has 1 amide bonds. The van der Waals surface area contributed by atoms with Gasteiger partial charge in [-0.15, -0.1) is 0 Å². The van der Waals surface area contributed by atoms with E-state index in [1.165, 1.54) is 0 Å². The number of H-pyrrole nitrogens is 1. The Hall–Kier alpha value is -2.76. The van der Waals surface area contributed by atoms with Crippen molar-refractivity contribution in [3.8, 4) is 11.3 Å². The maximum atomic E-state index is 11.7. The minimum atomic E-state index is -0.499. The summed E-state index contributed by atoms with van der Waals surface area (Å²) in [6, 6.07) is 9.93. The summed E-state index contributed by atoms with van der Waals surface area (Å²) in [5.41, 5.74) is 8.18. The van der Waals surface area contributed by atoms with Gasteiger partial charge in [0, 0.05) is 17.3 Å². The number of hydrogen-bond donors (Lipinski definition) is 3. The number of nitrogens with one attached hydrogen (secondary N) is 2. The van der Waals surface area contributed by atoms with E-state index in [4.69, 9.17) is 10.7 Å². The van der Waals surface area contributed by atoms with E-state index >= 15 is 0 Å². The fourth-order valence-corrected chi connectivity index (χ4v) is 3.70. The third-order valence-corrected chi connectivity index (χ3v) is 4.20. The molecule has 0 unspecified atom stereocenters. The molecule has 0 aliphatic carbocycles. The Morgan fingerprint density at radius 3 is 2.42 bits per heavy atom. The Labute approximate surface area is 153 Å². The summed E-state index contributed by atoms with van der Waals surface area (Å²) in [4.78, 5) is 16.4. The van der Waals surface area contributed by atoms with Gasteiger partial charge in [0.15, 0.2) is 11.5 Å². The van der Waals surface area contributed by atoms with Crippen molar-refractivity contribution in [1.82, 2.24) is 14.6 Å². The lowest BCUT2D eigenvalue weighted by Crippen LogP contribution is -2.36. The molecule has 3 aromatic rings. The minimum Gasteiger partial charge on any atom is -0.365 e. The number of carbonyl (C=O) groups excluding carboxylic acids is 1. The Kier molecular flexibility index (Phi) is 4.30. The normalized spacial score (nSPS) is 12.5. The van der Waals surface area contributed by atoms with Gasteiger partial charge in [-0.05, 0) is 25.7 Å². The Morgan fingerprint density at radius 1 is 1.19 bits per heavy atom. The minimum absolute atomic E-state index is 0.168. The monoisotopic (exact) mass is 353 g/mol. The lowest BCUT2D eigenvalue weighted by Gasteiger charge is -2.34. The molecule has 138 valence electrons. The second-order valence-corrected chi connectivity index (χ2v) is 8.63. The van der Waals surface area contributed by atoms with Gasteiger partial charge in [0.1, 0.15) is 11.3 Å². The van der Waals surface area contributed by atoms with Crippen molar-refractivity contribution in [2.24, 2.45) is 11.1 Å². The highest BCUT2D eigenvalue weighted by molar-refractivity contribution is 5.99. The number of anilines is 1. The number of imidazole rings is 1. The predicted octanol–water partition coefficient (Wildman–Crippen LogP) is 4.06. The van der Waals surface area contributed by atoms with Crippen molar-refractivity contribution in [1.29, 1.82) is 0 Å². The summed E-state index contributed by atoms with van der Waals surface area (Å²) < 4.78 is 1.80. The number of amides is 1. The molecule has 0 fully saturated rings. The van der Waals surface area contributed by atoms with E-state index in [1.54, 1.807) is 10.7 Å². The van der Waals surface area contributed by atoms with Crippen LogP contribution in [-0.2, 0) is 0 Å². The summed E-state index contributed by atoms with van der Waals surface area (Å²) in [6.07, 6.45) is 2.56. The third kappa shape index (κ3) is 3.59. The molecule has 26 heavy (non-hydrogen) atoms. The van der Waals surface area contributed by atoms with E-state index in [0.717, 1.165) is 23.5 Å². The molecular formula is C20H27N5O. The SMILES string of the molecule is CC(C)(C)CC(C)(C)Nc1c(-c2ccccc2)nc2c(C(N)=O)c[nH]n12. The predicted molar refractivity (Wildman–Crippen MR) is 105 cm³/mol. The zero-order chi connectivity index (χ0) is 19.1. The first-order valence-electron chi connectivity index (χ1n) is 8.81. The van der Waals surface area contributed by atoms with E-state index < -0.39 is 5.91 Å². The molecule has 2 aromatic heterocycles. The Balaban J connectivity index is 2.14. The molecule has 6 heteroatoms. The molecule has 0 bridgehead atoms. The van der Waals surface area contributed by atoms with Gasteiger partial charge in [-0.1, -0.05) is 51.1 Å². The smallest absolute Gasteiger partial charge is 0.254 e. The standard InChI is InChI=1S/C20H27N5O/c1-19(2,3)12-20(4,5)24-18-15(13-9-7-6-8-10-13)23-17-14(16(21)26)11-22-25(17)18/h6-11,22,24H,12H2,1-5H3,(H2,21,26). The van der Waals surface area contributed by atoms with Gasteiger partial charge in [-0.2, -0.15) is 0 Å². The molecule has 0 aliphatic heterocycles. The van der Waals surface area contributed by atoms with Crippen LogP contribution in [0.2, 0.25) is 0 Å². The summed E-state index contributed by atoms with van der Waals surface area (Å²) in [5, 5.41) is 6.74. The second kappa shape index (κ2) is 6.20. The molecule has 4 N–H and O–H groups in total. The number of hydrogen-bond acceptors (Lipinski definition) is 3. The van der Waals surface area contributed by atoms with Gasteiger partial charge >= 0.3 is 0 Å². The zero-order valence-electron chi connectivity index (χ0n) is 16.1. The molecule has 0 saturated carbocycles. The van der Waals surface area contributed by atoms with Crippen LogP contribution in [0.5, 0.6) is 0 Å². The summed E-state index contributed by atoms with van der Waals surface area (Å²) >= 11 is 0. The van der Waals surface area contributed by atoms with Crippen LogP contribution in [0.25, 0.3) is 16.9 Å². The fourth-order valence-electron chi connectivity index (χ4n) is 3.70. The average molecular weight is 353 g/mol. The molecule has 3 rings (SSSR count). The van der Waals surface area contributed by atoms with Crippen molar-refractivity contribution in [3.05, 3.63) is 42.1 Å². The van der Waals surface area contributed by atoms with Gasteiger partial charge in [0.05, 0.1) is 0 Å². The largest absolute Gasteiger partial charge is 0.365 e. The highest BCUT2D eigenvalue weighted by atomic mass is 16.1. The van der Waals surface area contributed by atoms with Crippen LogP contribution in [0.4, 0.5) is 5.82 Å². The van der Waals surface area contributed by atoms with Crippen molar-refractivity contribution in [3.63, 3.8) is 0 Å². The van der Waals surface area contributed by atoms with Crippen molar-refractivity contribution in [2.45, 2.75) is 46.6 Å². The number of fused-ring (bicyclic) bond motifs is 1. The van der Waals surface area contributed by atoms with Gasteiger partial charge in [0.2, 0.25) is 0 Å². The van der Waals surface area contributed by atoms with Crippen LogP contribution >= 0.6 is 0 Å². The number of nitrogens with zero attached hydrogens (tertiary/aromatic N) is 2. The maximum absolute atomic E-state index is 11.7. The van der Waals surface area contributed by atoms with Crippen LogP contribution in [0, 0.1) is 5.41 Å². The number of aromatic amines is 1. The first kappa shape index (κ1) is 18.0. The molecule has 0 spiro atoms. The molecule has 0 saturated heterocycles. The maximum Gasteiger partial charge on any atom is 0.254 e. The van der Waals surface area contributed by atoms with Gasteiger partial charge in [-0.3, -0.25) is 9.89 Å². The number of primary amides is 1. The van der Waals surface area contributed by atoms with Gasteiger partial charge in [-0.25, -0.2) is 9.50 Å². The van der Waals surface area contributed by atoms with E-state index in [-0.39, 0.29) is 11.0 Å². The average Bonchev–Trinajstić information content (AvgIpc) is 3.05. The molecule has 2 heterocycles. The van der Waals surface area contributed by atoms with E-state index in [2.05, 4.69) is 45.0 Å². The Morgan fingerprint density at radius 2 is 1.85 bits per heavy atom. The molecule has 0 radical (unpaired) electrons. The van der Waals surface area contributed by atoms with Crippen LogP contribution in [0.3, 0.4) is 0 Å². The molecular weight excluding hydrogens is 326 g/mol. The summed E-state index contributed by atoms with van der Waals surface area (Å²) in [5.74, 6) is 0.328. The van der Waals surface area contributed by atoms with Gasteiger partial charge in [0.25, 0.3) is 5.91 Å². The second-order valence-electron chi connectivity index (χ2n) is 8.63. The van der Waals surface area contributed by atoms with Crippen molar-refractivity contribution >= 4 is 17.4 Å². The fraction of sp³-hybridized carbons (Fsp3) is 0.400. The highest BCUT2D eigenvalue weighted by Gasteiger charge is 2.29.